The van der Waals surface area contributed by atoms with E-state index in [2.05, 4.69) is 17.3 Å². The minimum Gasteiger partial charge on any atom is -0.327 e. The van der Waals surface area contributed by atoms with Crippen molar-refractivity contribution in [2.45, 2.75) is 25.8 Å². The Bertz CT molecular complexity index is 478. The Hall–Kier alpha value is -0.900. The number of rotatable bonds is 4. The average Bonchev–Trinajstić information content (AvgIpc) is 2.78. The molecule has 1 aromatic heterocycles. The van der Waals surface area contributed by atoms with Crippen LogP contribution >= 0.6 is 22.9 Å². The number of nitrogens with zero attached hydrogens (tertiary/aromatic N) is 1. The van der Waals surface area contributed by atoms with Gasteiger partial charge >= 0.3 is 0 Å². The zero-order valence-electron chi connectivity index (χ0n) is 9.69. The maximum absolute atomic E-state index is 5.92. The molecule has 0 spiro atoms. The number of hydrogen-bond donors (Lipinski definition) is 1. The van der Waals surface area contributed by atoms with E-state index in [1.54, 1.807) is 11.3 Å². The lowest BCUT2D eigenvalue weighted by molar-refractivity contribution is 0.644. The highest BCUT2D eigenvalue weighted by atomic mass is 35.5. The molecular formula is C13H15ClN2S. The molecule has 0 saturated carbocycles. The van der Waals surface area contributed by atoms with Crippen LogP contribution in [0.4, 0.5) is 0 Å². The normalized spacial score (nSPS) is 12.6. The Morgan fingerprint density at radius 3 is 2.71 bits per heavy atom. The van der Waals surface area contributed by atoms with Crippen LogP contribution in [-0.4, -0.2) is 11.0 Å². The first-order chi connectivity index (χ1) is 8.19. The molecule has 17 heavy (non-hydrogen) atoms. The molecule has 2 rings (SSSR count). The molecule has 2 aromatic rings. The van der Waals surface area contributed by atoms with Gasteiger partial charge in [0.2, 0.25) is 0 Å². The third-order valence-electron chi connectivity index (χ3n) is 2.65. The molecule has 0 fully saturated rings. The smallest absolute Gasteiger partial charge is 0.0948 e. The molecule has 2 N–H and O–H groups in total. The van der Waals surface area contributed by atoms with E-state index in [9.17, 15) is 0 Å². The van der Waals surface area contributed by atoms with Gasteiger partial charge in [-0.3, -0.25) is 0 Å². The van der Waals surface area contributed by atoms with Crippen LogP contribution in [0.5, 0.6) is 0 Å². The summed E-state index contributed by atoms with van der Waals surface area (Å²) in [4.78, 5) is 4.59. The maximum atomic E-state index is 5.92. The zero-order valence-corrected chi connectivity index (χ0v) is 11.3. The third kappa shape index (κ3) is 3.28. The van der Waals surface area contributed by atoms with Crippen LogP contribution in [0.3, 0.4) is 0 Å². The summed E-state index contributed by atoms with van der Waals surface area (Å²) >= 11 is 7.53. The molecule has 2 nitrogen and oxygen atoms in total. The van der Waals surface area contributed by atoms with E-state index in [1.807, 2.05) is 24.3 Å². The van der Waals surface area contributed by atoms with Gasteiger partial charge in [-0.1, -0.05) is 30.7 Å². The van der Waals surface area contributed by atoms with Crippen LogP contribution in [0.15, 0.2) is 29.6 Å². The summed E-state index contributed by atoms with van der Waals surface area (Å²) in [5, 5.41) is 3.92. The number of nitrogens with two attached hydrogens (primary N) is 1. The lowest BCUT2D eigenvalue weighted by atomic mass is 10.1. The fourth-order valence-electron chi connectivity index (χ4n) is 1.53. The predicted molar refractivity (Wildman–Crippen MR) is 74.5 cm³/mol. The van der Waals surface area contributed by atoms with Gasteiger partial charge < -0.3 is 5.73 Å². The van der Waals surface area contributed by atoms with Crippen molar-refractivity contribution in [1.82, 2.24) is 4.98 Å². The van der Waals surface area contributed by atoms with Crippen molar-refractivity contribution in [2.75, 3.05) is 0 Å². The fraction of sp³-hybridized carbons (Fsp3) is 0.308. The summed E-state index contributed by atoms with van der Waals surface area (Å²) in [6.07, 6.45) is 1.84. The lowest BCUT2D eigenvalue weighted by Gasteiger charge is -2.04. The highest BCUT2D eigenvalue weighted by molar-refractivity contribution is 7.09. The molecular weight excluding hydrogens is 252 g/mol. The highest BCUT2D eigenvalue weighted by Crippen LogP contribution is 2.24. The largest absolute Gasteiger partial charge is 0.327 e. The molecule has 0 amide bonds. The summed E-state index contributed by atoms with van der Waals surface area (Å²) in [5.74, 6) is 0. The van der Waals surface area contributed by atoms with Gasteiger partial charge in [-0.05, 0) is 18.6 Å². The predicted octanol–water partition coefficient (Wildman–Crippen LogP) is 3.74. The molecule has 1 unspecified atom stereocenters. The third-order valence-corrected chi connectivity index (χ3v) is 3.78. The quantitative estimate of drug-likeness (QED) is 0.916. The minimum atomic E-state index is 0.208. The van der Waals surface area contributed by atoms with Crippen molar-refractivity contribution in [3.8, 4) is 11.3 Å². The minimum absolute atomic E-state index is 0.208. The average molecular weight is 267 g/mol. The van der Waals surface area contributed by atoms with Crippen LogP contribution in [-0.2, 0) is 6.42 Å². The highest BCUT2D eigenvalue weighted by Gasteiger charge is 2.07. The van der Waals surface area contributed by atoms with Gasteiger partial charge in [0.1, 0.15) is 0 Å². The van der Waals surface area contributed by atoms with E-state index in [1.165, 1.54) is 0 Å². The van der Waals surface area contributed by atoms with E-state index < -0.39 is 0 Å². The van der Waals surface area contributed by atoms with Gasteiger partial charge in [0.05, 0.1) is 10.7 Å². The molecule has 0 bridgehead atoms. The maximum Gasteiger partial charge on any atom is 0.0948 e. The molecule has 0 aliphatic carbocycles. The van der Waals surface area contributed by atoms with Crippen LogP contribution in [0.1, 0.15) is 18.4 Å². The van der Waals surface area contributed by atoms with E-state index in [0.717, 1.165) is 34.1 Å². The zero-order chi connectivity index (χ0) is 12.3. The second kappa shape index (κ2) is 5.63. The van der Waals surface area contributed by atoms with Gasteiger partial charge in [0, 0.05) is 28.4 Å². The molecule has 90 valence electrons. The molecule has 1 atom stereocenters. The van der Waals surface area contributed by atoms with Gasteiger partial charge in [-0.25, -0.2) is 4.98 Å². The van der Waals surface area contributed by atoms with Gasteiger partial charge in [-0.15, -0.1) is 11.3 Å². The Morgan fingerprint density at radius 1 is 1.35 bits per heavy atom. The topological polar surface area (TPSA) is 38.9 Å². The van der Waals surface area contributed by atoms with Crippen molar-refractivity contribution in [2.24, 2.45) is 5.73 Å². The van der Waals surface area contributed by atoms with Gasteiger partial charge in [0.15, 0.2) is 0 Å². The van der Waals surface area contributed by atoms with Crippen molar-refractivity contribution >= 4 is 22.9 Å². The summed E-state index contributed by atoms with van der Waals surface area (Å²) in [7, 11) is 0. The summed E-state index contributed by atoms with van der Waals surface area (Å²) < 4.78 is 0. The van der Waals surface area contributed by atoms with Crippen LogP contribution in [0.25, 0.3) is 11.3 Å². The summed E-state index contributed by atoms with van der Waals surface area (Å²) in [6, 6.07) is 7.95. The van der Waals surface area contributed by atoms with Crippen LogP contribution in [0, 0.1) is 0 Å². The van der Waals surface area contributed by atoms with Gasteiger partial charge in [-0.2, -0.15) is 0 Å². The second-order valence-electron chi connectivity index (χ2n) is 4.01. The molecule has 4 heteroatoms. The summed E-state index contributed by atoms with van der Waals surface area (Å²) in [5.41, 5.74) is 8.03. The number of benzene rings is 1. The fourth-order valence-corrected chi connectivity index (χ4v) is 2.55. The second-order valence-corrected chi connectivity index (χ2v) is 5.38. The monoisotopic (exact) mass is 266 g/mol. The van der Waals surface area contributed by atoms with Crippen molar-refractivity contribution < 1.29 is 0 Å². The first kappa shape index (κ1) is 12.6. The number of thiazole rings is 1. The van der Waals surface area contributed by atoms with Gasteiger partial charge in [0.25, 0.3) is 0 Å². The molecule has 0 aliphatic heterocycles. The van der Waals surface area contributed by atoms with Crippen LogP contribution < -0.4 is 5.73 Å². The molecule has 0 aliphatic rings. The first-order valence-electron chi connectivity index (χ1n) is 5.65. The summed E-state index contributed by atoms with van der Waals surface area (Å²) in [6.45, 7) is 2.10. The molecule has 1 aromatic carbocycles. The van der Waals surface area contributed by atoms with Crippen molar-refractivity contribution in [3.63, 3.8) is 0 Å². The van der Waals surface area contributed by atoms with Crippen molar-refractivity contribution in [1.29, 1.82) is 0 Å². The molecule has 1 heterocycles. The molecule has 0 saturated heterocycles. The van der Waals surface area contributed by atoms with E-state index in [4.69, 9.17) is 17.3 Å². The Labute approximate surface area is 110 Å². The first-order valence-corrected chi connectivity index (χ1v) is 6.90. The Morgan fingerprint density at radius 2 is 2.06 bits per heavy atom. The Balaban J connectivity index is 2.15. The number of aromatic nitrogens is 1. The lowest BCUT2D eigenvalue weighted by Crippen LogP contribution is -2.21. The standard InChI is InChI=1S/C13H15ClN2S/c1-2-11(15)7-13-16-12(8-17-13)9-3-5-10(14)6-4-9/h3-6,8,11H,2,7,15H2,1H3. The van der Waals surface area contributed by atoms with Crippen molar-refractivity contribution in [3.05, 3.63) is 39.7 Å². The number of hydrogen-bond acceptors (Lipinski definition) is 3. The van der Waals surface area contributed by atoms with Crippen LogP contribution in [0.2, 0.25) is 5.02 Å². The SMILES string of the molecule is CCC(N)Cc1nc(-c2ccc(Cl)cc2)cs1. The Kier molecular flexibility index (Phi) is 4.15. The molecule has 0 radical (unpaired) electrons. The van der Waals surface area contributed by atoms with E-state index in [0.29, 0.717) is 0 Å². The van der Waals surface area contributed by atoms with E-state index in [-0.39, 0.29) is 6.04 Å². The van der Waals surface area contributed by atoms with E-state index >= 15 is 0 Å². The number of halogens is 1.